The van der Waals surface area contributed by atoms with Gasteiger partial charge in [-0.2, -0.15) is 18.3 Å². The van der Waals surface area contributed by atoms with E-state index in [2.05, 4.69) is 5.32 Å². The lowest BCUT2D eigenvalue weighted by atomic mass is 9.80. The summed E-state index contributed by atoms with van der Waals surface area (Å²) >= 11 is 0. The number of nitrogens with two attached hydrogens (primary N) is 1. The predicted octanol–water partition coefficient (Wildman–Crippen LogP) is 5.35. The molecule has 2 amide bonds. The van der Waals surface area contributed by atoms with Crippen LogP contribution in [0.1, 0.15) is 58.5 Å². The first kappa shape index (κ1) is 28.0. The third-order valence-corrected chi connectivity index (χ3v) is 7.07. The Morgan fingerprint density at radius 3 is 2.34 bits per heavy atom. The topological polar surface area (TPSA) is 93.2 Å². The molecule has 0 spiro atoms. The molecule has 3 N–H and O–H groups in total. The van der Waals surface area contributed by atoms with E-state index in [1.165, 1.54) is 35.2 Å². The number of hydrogen-bond acceptors (Lipinski definition) is 4. The van der Waals surface area contributed by atoms with E-state index in [0.717, 1.165) is 18.2 Å². The van der Waals surface area contributed by atoms with Gasteiger partial charge >= 0.3 is 6.18 Å². The highest BCUT2D eigenvalue weighted by atomic mass is 19.4. The van der Waals surface area contributed by atoms with Crippen molar-refractivity contribution < 1.29 is 27.2 Å². The van der Waals surface area contributed by atoms with Gasteiger partial charge in [-0.3, -0.25) is 14.5 Å². The molecule has 1 aliphatic rings. The highest BCUT2D eigenvalue weighted by molar-refractivity contribution is 6.05. The molecule has 3 aromatic carbocycles. The molecule has 0 saturated heterocycles. The van der Waals surface area contributed by atoms with Crippen LogP contribution < -0.4 is 16.0 Å². The fourth-order valence-electron chi connectivity index (χ4n) is 5.20. The van der Waals surface area contributed by atoms with E-state index >= 15 is 0 Å². The van der Waals surface area contributed by atoms with Crippen molar-refractivity contribution in [3.8, 4) is 5.69 Å². The van der Waals surface area contributed by atoms with Gasteiger partial charge in [-0.1, -0.05) is 36.4 Å². The number of halogens is 4. The van der Waals surface area contributed by atoms with E-state index in [9.17, 15) is 27.2 Å². The summed E-state index contributed by atoms with van der Waals surface area (Å²) in [7, 11) is 0. The summed E-state index contributed by atoms with van der Waals surface area (Å²) < 4.78 is 55.6. The number of aromatic nitrogens is 2. The summed E-state index contributed by atoms with van der Waals surface area (Å²) in [6.45, 7) is 3.71. The molecule has 2 heterocycles. The molecule has 212 valence electrons. The van der Waals surface area contributed by atoms with Crippen LogP contribution in [0.3, 0.4) is 0 Å². The third kappa shape index (κ3) is 5.20. The lowest BCUT2D eigenvalue weighted by Crippen LogP contribution is -2.55. The van der Waals surface area contributed by atoms with Gasteiger partial charge in [-0.25, -0.2) is 9.07 Å². The van der Waals surface area contributed by atoms with Gasteiger partial charge in [-0.15, -0.1) is 0 Å². The lowest BCUT2D eigenvalue weighted by molar-refractivity contribution is -0.137. The Hall–Kier alpha value is -4.51. The molecule has 1 aromatic heterocycles. The zero-order chi connectivity index (χ0) is 29.5. The number of fused-ring (bicyclic) bond motifs is 1. The first-order valence-electron chi connectivity index (χ1n) is 13.0. The fourth-order valence-corrected chi connectivity index (χ4v) is 5.20. The number of likely N-dealkylation sites (N-methyl/N-ethyl adjacent to an activating group) is 1. The average molecular weight is 566 g/mol. The van der Waals surface area contributed by atoms with E-state index in [-0.39, 0.29) is 12.1 Å². The van der Waals surface area contributed by atoms with Gasteiger partial charge < -0.3 is 11.1 Å². The largest absolute Gasteiger partial charge is 0.416 e. The van der Waals surface area contributed by atoms with Gasteiger partial charge in [0.15, 0.2) is 0 Å². The summed E-state index contributed by atoms with van der Waals surface area (Å²) in [5, 5.41) is 7.46. The van der Waals surface area contributed by atoms with Crippen LogP contribution in [-0.4, -0.2) is 34.2 Å². The summed E-state index contributed by atoms with van der Waals surface area (Å²) in [5.41, 5.74) is 7.32. The second-order valence-electron chi connectivity index (χ2n) is 9.80. The van der Waals surface area contributed by atoms with Crippen molar-refractivity contribution in [2.75, 3.05) is 11.4 Å². The Bertz CT molecular complexity index is 1580. The van der Waals surface area contributed by atoms with Crippen molar-refractivity contribution in [3.05, 3.63) is 113 Å². The molecule has 0 bridgehead atoms. The molecule has 0 fully saturated rings. The van der Waals surface area contributed by atoms with E-state index in [1.54, 1.807) is 18.5 Å². The first-order valence-corrected chi connectivity index (χ1v) is 13.0. The number of amides is 2. The maximum absolute atomic E-state index is 14.1. The van der Waals surface area contributed by atoms with Crippen LogP contribution in [0, 0.1) is 5.82 Å². The maximum Gasteiger partial charge on any atom is 0.416 e. The number of alkyl halides is 3. The quantitative estimate of drug-likeness (QED) is 0.309. The molecule has 11 heteroatoms. The summed E-state index contributed by atoms with van der Waals surface area (Å²) in [6.07, 6.45) is -4.65. The van der Waals surface area contributed by atoms with Crippen LogP contribution in [0.2, 0.25) is 0 Å². The average Bonchev–Trinajstić information content (AvgIpc) is 3.34. The summed E-state index contributed by atoms with van der Waals surface area (Å²) in [6, 6.07) is 16.8. The SMILES string of the molecule is CCN1C(=O)[C@H](NC(=O)c2cccc(C(F)(F)F)c2)[C@H](c2ccc(F)cc2)c2c([C@H](C)N)nn(-c3ccccc3)c21. The minimum Gasteiger partial charge on any atom is -0.339 e. The molecule has 0 aliphatic carbocycles. The molecule has 7 nitrogen and oxygen atoms in total. The Labute approximate surface area is 233 Å². The van der Waals surface area contributed by atoms with Crippen molar-refractivity contribution in [3.63, 3.8) is 0 Å². The van der Waals surface area contributed by atoms with Crippen molar-refractivity contribution in [1.29, 1.82) is 0 Å². The number of nitrogens with one attached hydrogen (secondary N) is 1. The minimum atomic E-state index is -4.65. The Morgan fingerprint density at radius 1 is 1.05 bits per heavy atom. The number of hydrogen-bond donors (Lipinski definition) is 2. The van der Waals surface area contributed by atoms with E-state index in [4.69, 9.17) is 10.8 Å². The van der Waals surface area contributed by atoms with Gasteiger partial charge in [0.2, 0.25) is 0 Å². The first-order chi connectivity index (χ1) is 19.5. The Kier molecular flexibility index (Phi) is 7.39. The van der Waals surface area contributed by atoms with Gasteiger partial charge in [0.1, 0.15) is 17.7 Å². The lowest BCUT2D eigenvalue weighted by Gasteiger charge is -2.38. The summed E-state index contributed by atoms with van der Waals surface area (Å²) in [5.74, 6) is -2.27. The van der Waals surface area contributed by atoms with Crippen molar-refractivity contribution in [1.82, 2.24) is 15.1 Å². The molecule has 0 saturated carbocycles. The normalized spacial score (nSPS) is 17.7. The van der Waals surface area contributed by atoms with Gasteiger partial charge in [0.05, 0.1) is 16.9 Å². The van der Waals surface area contributed by atoms with E-state index < -0.39 is 47.4 Å². The zero-order valence-corrected chi connectivity index (χ0v) is 22.2. The molecule has 41 heavy (non-hydrogen) atoms. The highest BCUT2D eigenvalue weighted by Gasteiger charge is 2.46. The zero-order valence-electron chi connectivity index (χ0n) is 22.2. The van der Waals surface area contributed by atoms with Crippen molar-refractivity contribution >= 4 is 17.6 Å². The Morgan fingerprint density at radius 2 is 1.73 bits per heavy atom. The number of para-hydroxylation sites is 1. The molecular weight excluding hydrogens is 538 g/mol. The van der Waals surface area contributed by atoms with Gasteiger partial charge in [-0.05, 0) is 61.9 Å². The van der Waals surface area contributed by atoms with E-state index in [0.29, 0.717) is 28.3 Å². The molecular formula is C30H27F4N5O2. The number of nitrogens with zero attached hydrogens (tertiary/aromatic N) is 3. The molecule has 4 aromatic rings. The fraction of sp³-hybridized carbons (Fsp3) is 0.233. The molecule has 0 radical (unpaired) electrons. The van der Waals surface area contributed by atoms with Crippen LogP contribution in [0.25, 0.3) is 5.69 Å². The second kappa shape index (κ2) is 10.8. The van der Waals surface area contributed by atoms with Crippen LogP contribution >= 0.6 is 0 Å². The monoisotopic (exact) mass is 565 g/mol. The number of carbonyl (C=O) groups excluding carboxylic acids is 2. The number of benzene rings is 3. The molecule has 3 atom stereocenters. The van der Waals surface area contributed by atoms with Gasteiger partial charge in [0, 0.05) is 29.6 Å². The molecule has 5 rings (SSSR count). The standard InChI is InChI=1S/C30H27F4N5O2/c1-3-38-28-24(25(17(2)35)37-39(28)22-10-5-4-6-11-22)23(18-12-14-21(31)15-13-18)26(29(38)41)36-27(40)19-8-7-9-20(16-19)30(32,33)34/h4-17,23,26H,3,35H2,1-2H3,(H,36,40)/t17-,23+,26+/m0/s1. The van der Waals surface area contributed by atoms with E-state index in [1.807, 2.05) is 30.3 Å². The second-order valence-corrected chi connectivity index (χ2v) is 9.80. The number of anilines is 1. The third-order valence-electron chi connectivity index (χ3n) is 7.07. The Balaban J connectivity index is 1.70. The molecule has 1 aliphatic heterocycles. The molecule has 0 unspecified atom stereocenters. The number of carbonyl (C=O) groups is 2. The maximum atomic E-state index is 14.1. The van der Waals surface area contributed by atoms with Crippen molar-refractivity contribution in [2.45, 2.75) is 38.0 Å². The van der Waals surface area contributed by atoms with Crippen LogP contribution in [0.15, 0.2) is 78.9 Å². The smallest absolute Gasteiger partial charge is 0.339 e. The predicted molar refractivity (Wildman–Crippen MR) is 145 cm³/mol. The summed E-state index contributed by atoms with van der Waals surface area (Å²) in [4.78, 5) is 28.9. The number of rotatable bonds is 6. The van der Waals surface area contributed by atoms with Crippen molar-refractivity contribution in [2.24, 2.45) is 5.73 Å². The van der Waals surface area contributed by atoms with Crippen LogP contribution in [-0.2, 0) is 11.0 Å². The van der Waals surface area contributed by atoms with Crippen LogP contribution in [0.4, 0.5) is 23.4 Å². The highest BCUT2D eigenvalue weighted by Crippen LogP contribution is 2.45. The van der Waals surface area contributed by atoms with Gasteiger partial charge in [0.25, 0.3) is 11.8 Å². The minimum absolute atomic E-state index is 0.203. The van der Waals surface area contributed by atoms with Crippen LogP contribution in [0.5, 0.6) is 0 Å².